The van der Waals surface area contributed by atoms with Gasteiger partial charge in [0.25, 0.3) is 17.5 Å². The second-order valence-corrected chi connectivity index (χ2v) is 4.48. The van der Waals surface area contributed by atoms with Gasteiger partial charge in [0.05, 0.1) is 12.9 Å². The number of aliphatic hydroxyl groups is 3. The highest BCUT2D eigenvalue weighted by Crippen LogP contribution is 2.30. The van der Waals surface area contributed by atoms with Crippen LogP contribution in [-0.2, 0) is 4.74 Å². The molecule has 0 unspecified atom stereocenters. The highest BCUT2D eigenvalue weighted by Gasteiger charge is 2.47. The summed E-state index contributed by atoms with van der Waals surface area (Å²) in [7, 11) is 0. The van der Waals surface area contributed by atoms with Gasteiger partial charge in [0, 0.05) is 0 Å². The molecule has 0 aromatic carbocycles. The van der Waals surface area contributed by atoms with Crippen LogP contribution in [-0.4, -0.2) is 54.8 Å². The number of nitrogens with zero attached hydrogens (tertiary/aromatic N) is 3. The summed E-state index contributed by atoms with van der Waals surface area (Å²) in [6.07, 6.45) is -2.65. The fourth-order valence-corrected chi connectivity index (χ4v) is 2.29. The van der Waals surface area contributed by atoms with Crippen LogP contribution < -0.4 is 10.3 Å². The summed E-state index contributed by atoms with van der Waals surface area (Å²) in [6, 6.07) is 0. The Bertz CT molecular complexity index is 697. The molecule has 1 saturated heterocycles. The molecule has 4 N–H and O–H groups in total. The Balaban J connectivity index is 2.12. The van der Waals surface area contributed by atoms with Gasteiger partial charge in [-0.25, -0.2) is 4.73 Å². The van der Waals surface area contributed by atoms with E-state index in [0.717, 1.165) is 17.2 Å². The molecule has 1 fully saturated rings. The third-order valence-corrected chi connectivity index (χ3v) is 3.29. The van der Waals surface area contributed by atoms with Gasteiger partial charge in [0.15, 0.2) is 0 Å². The zero-order valence-corrected chi connectivity index (χ0v) is 10.1. The summed E-state index contributed by atoms with van der Waals surface area (Å²) in [5.74, 6) is 0. The van der Waals surface area contributed by atoms with Crippen molar-refractivity contribution in [1.29, 1.82) is 0 Å². The van der Waals surface area contributed by atoms with Gasteiger partial charge in [0.1, 0.15) is 18.3 Å². The number of hydrogen-bond acceptors (Lipinski definition) is 7. The number of aromatic amines is 1. The molecule has 0 spiro atoms. The Hall–Kier alpha value is -2.01. The van der Waals surface area contributed by atoms with Crippen molar-refractivity contribution in [3.8, 4) is 0 Å². The molecule has 1 aliphatic heterocycles. The molecule has 20 heavy (non-hydrogen) atoms. The number of H-pyrrole nitrogens is 1. The lowest BCUT2D eigenvalue weighted by Gasteiger charge is -2.10. The van der Waals surface area contributed by atoms with Crippen LogP contribution in [0.3, 0.4) is 0 Å². The van der Waals surface area contributed by atoms with Crippen molar-refractivity contribution >= 4 is 11.2 Å². The summed E-state index contributed by atoms with van der Waals surface area (Å²) < 4.78 is 6.75. The lowest BCUT2D eigenvalue weighted by Crippen LogP contribution is -2.33. The number of fused-ring (bicyclic) bond motifs is 1. The average Bonchev–Trinajstić information content (AvgIpc) is 2.90. The SMILES string of the molecule is O=c1[nH]cnc2c1[n+]([O-])cn2[C@@H]1O[C@H](CO)[C@@H](O)[C@H]1O. The smallest absolute Gasteiger partial charge is 0.303 e. The van der Waals surface area contributed by atoms with Gasteiger partial charge in [-0.2, -0.15) is 9.55 Å². The third-order valence-electron chi connectivity index (χ3n) is 3.29. The summed E-state index contributed by atoms with van der Waals surface area (Å²) in [6.45, 7) is -0.487. The van der Waals surface area contributed by atoms with E-state index in [-0.39, 0.29) is 11.2 Å². The van der Waals surface area contributed by atoms with E-state index >= 15 is 0 Å². The summed E-state index contributed by atoms with van der Waals surface area (Å²) >= 11 is 0. The predicted molar refractivity (Wildman–Crippen MR) is 62.3 cm³/mol. The molecular weight excluding hydrogens is 272 g/mol. The van der Waals surface area contributed by atoms with Crippen LogP contribution in [0, 0.1) is 5.21 Å². The Labute approximate surface area is 111 Å². The maximum atomic E-state index is 11.7. The number of rotatable bonds is 2. The van der Waals surface area contributed by atoms with Gasteiger partial charge in [0.2, 0.25) is 6.23 Å². The summed E-state index contributed by atoms with van der Waals surface area (Å²) in [5, 5.41) is 40.4. The first-order chi connectivity index (χ1) is 9.54. The summed E-state index contributed by atoms with van der Waals surface area (Å²) in [4.78, 5) is 17.7. The minimum absolute atomic E-state index is 0.0126. The van der Waals surface area contributed by atoms with Gasteiger partial charge in [-0.1, -0.05) is 0 Å². The molecule has 0 amide bonds. The van der Waals surface area contributed by atoms with E-state index in [9.17, 15) is 20.2 Å². The second kappa shape index (κ2) is 4.52. The largest absolute Gasteiger partial charge is 0.710 e. The molecule has 10 nitrogen and oxygen atoms in total. The first-order valence-electron chi connectivity index (χ1n) is 5.84. The van der Waals surface area contributed by atoms with Crippen molar-refractivity contribution in [2.75, 3.05) is 6.61 Å². The molecule has 3 heterocycles. The third kappa shape index (κ3) is 1.70. The predicted octanol–water partition coefficient (Wildman–Crippen LogP) is -3.03. The van der Waals surface area contributed by atoms with Crippen LogP contribution in [0.2, 0.25) is 0 Å². The highest BCUT2D eigenvalue weighted by molar-refractivity contribution is 5.65. The quantitative estimate of drug-likeness (QED) is 0.338. The van der Waals surface area contributed by atoms with Gasteiger partial charge in [-0.15, -0.1) is 0 Å². The van der Waals surface area contributed by atoms with E-state index in [2.05, 4.69) is 9.97 Å². The van der Waals surface area contributed by atoms with Crippen LogP contribution >= 0.6 is 0 Å². The van der Waals surface area contributed by atoms with E-state index in [1.54, 1.807) is 0 Å². The Morgan fingerprint density at radius 1 is 1.50 bits per heavy atom. The van der Waals surface area contributed by atoms with Crippen molar-refractivity contribution in [2.45, 2.75) is 24.5 Å². The summed E-state index contributed by atoms with van der Waals surface area (Å²) in [5.41, 5.74) is -0.848. The van der Waals surface area contributed by atoms with Gasteiger partial charge in [-0.05, 0) is 0 Å². The number of ether oxygens (including phenoxy) is 1. The minimum atomic E-state index is -1.36. The molecule has 2 aromatic heterocycles. The topological polar surface area (TPSA) is 148 Å². The van der Waals surface area contributed by atoms with E-state index in [4.69, 9.17) is 9.84 Å². The van der Waals surface area contributed by atoms with Crippen LogP contribution in [0.4, 0.5) is 0 Å². The van der Waals surface area contributed by atoms with E-state index in [1.807, 2.05) is 0 Å². The first-order valence-corrected chi connectivity index (χ1v) is 5.84. The van der Waals surface area contributed by atoms with E-state index in [0.29, 0.717) is 4.73 Å². The zero-order valence-electron chi connectivity index (χ0n) is 10.1. The van der Waals surface area contributed by atoms with Crippen molar-refractivity contribution in [2.24, 2.45) is 0 Å². The molecule has 4 atom stereocenters. The van der Waals surface area contributed by atoms with Crippen LogP contribution in [0.5, 0.6) is 0 Å². The molecule has 0 bridgehead atoms. The number of hydrogen-bond donors (Lipinski definition) is 4. The molecule has 1 aliphatic rings. The molecule has 2 aromatic rings. The lowest BCUT2D eigenvalue weighted by molar-refractivity contribution is -0.579. The zero-order chi connectivity index (χ0) is 14.4. The molecule has 0 aliphatic carbocycles. The monoisotopic (exact) mass is 284 g/mol. The normalized spacial score (nSPS) is 30.1. The fraction of sp³-hybridized carbons (Fsp3) is 0.500. The lowest BCUT2D eigenvalue weighted by atomic mass is 10.1. The first kappa shape index (κ1) is 13.0. The van der Waals surface area contributed by atoms with Crippen molar-refractivity contribution < 1.29 is 24.8 Å². The number of aromatic nitrogens is 4. The molecule has 10 heteroatoms. The Kier molecular flexibility index (Phi) is 2.94. The van der Waals surface area contributed by atoms with E-state index < -0.39 is 36.7 Å². The molecular formula is C10H12N4O6. The number of imidazole rings is 1. The number of aliphatic hydroxyl groups excluding tert-OH is 3. The Morgan fingerprint density at radius 3 is 2.90 bits per heavy atom. The second-order valence-electron chi connectivity index (χ2n) is 4.48. The van der Waals surface area contributed by atoms with Crippen LogP contribution in [0.25, 0.3) is 11.2 Å². The Morgan fingerprint density at radius 2 is 2.25 bits per heavy atom. The molecule has 108 valence electrons. The van der Waals surface area contributed by atoms with Gasteiger partial charge >= 0.3 is 5.56 Å². The molecule has 3 rings (SSSR count). The number of nitrogens with one attached hydrogen (secondary N) is 1. The average molecular weight is 284 g/mol. The maximum Gasteiger partial charge on any atom is 0.303 e. The van der Waals surface area contributed by atoms with Crippen LogP contribution in [0.15, 0.2) is 17.4 Å². The molecule has 0 saturated carbocycles. The highest BCUT2D eigenvalue weighted by atomic mass is 16.6. The van der Waals surface area contributed by atoms with Crippen molar-refractivity contribution in [3.05, 3.63) is 28.2 Å². The fourth-order valence-electron chi connectivity index (χ4n) is 2.29. The van der Waals surface area contributed by atoms with Gasteiger partial charge < -0.3 is 30.2 Å². The van der Waals surface area contributed by atoms with Crippen molar-refractivity contribution in [1.82, 2.24) is 14.5 Å². The maximum absolute atomic E-state index is 11.7. The van der Waals surface area contributed by atoms with Crippen LogP contribution in [0.1, 0.15) is 6.23 Å². The van der Waals surface area contributed by atoms with Gasteiger partial charge in [-0.3, -0.25) is 4.79 Å². The molecule has 0 radical (unpaired) electrons. The van der Waals surface area contributed by atoms with Crippen molar-refractivity contribution in [3.63, 3.8) is 0 Å². The van der Waals surface area contributed by atoms with E-state index in [1.165, 1.54) is 0 Å². The standard InChI is InChI=1S/C10H12N4O6/c15-1-4-6(16)7(17)10(20-4)13-3-14(19)5-8(13)11-2-12-9(5)18/h2-4,6-7,10,15-17H,1H2,(H,11,12,18)/t4-,6-,7-,10-/m1/s1. The minimum Gasteiger partial charge on any atom is -0.710 e.